The van der Waals surface area contributed by atoms with Crippen LogP contribution in [0, 0.1) is 12.3 Å². The second-order valence-electron chi connectivity index (χ2n) is 5.73. The van der Waals surface area contributed by atoms with Crippen LogP contribution in [-0.4, -0.2) is 38.5 Å². The molecule has 122 valence electrons. The van der Waals surface area contributed by atoms with Crippen LogP contribution >= 0.6 is 0 Å². The molecule has 2 rings (SSSR count). The van der Waals surface area contributed by atoms with Gasteiger partial charge in [0.15, 0.2) is 9.84 Å². The molecule has 0 aliphatic heterocycles. The minimum Gasteiger partial charge on any atom is -0.465 e. The van der Waals surface area contributed by atoms with E-state index in [0.29, 0.717) is 0 Å². The van der Waals surface area contributed by atoms with Crippen LogP contribution in [0.5, 0.6) is 0 Å². The Morgan fingerprint density at radius 1 is 1.27 bits per heavy atom. The van der Waals surface area contributed by atoms with E-state index in [-0.39, 0.29) is 18.9 Å². The highest BCUT2D eigenvalue weighted by atomic mass is 32.2. The average molecular weight is 325 g/mol. The maximum Gasteiger partial charge on any atom is 0.315 e. The predicted octanol–water partition coefficient (Wildman–Crippen LogP) is 1.40. The van der Waals surface area contributed by atoms with Gasteiger partial charge < -0.3 is 10.5 Å². The van der Waals surface area contributed by atoms with Crippen molar-refractivity contribution in [3.05, 3.63) is 35.4 Å². The van der Waals surface area contributed by atoms with Crippen molar-refractivity contribution in [2.45, 2.75) is 31.9 Å². The number of nitrogens with two attached hydrogens (primary N) is 1. The van der Waals surface area contributed by atoms with Crippen LogP contribution < -0.4 is 5.73 Å². The largest absolute Gasteiger partial charge is 0.465 e. The lowest BCUT2D eigenvalue weighted by Gasteiger charge is -2.14. The van der Waals surface area contributed by atoms with Crippen LogP contribution in [0.15, 0.2) is 24.3 Å². The number of rotatable bonds is 6. The molecular formula is C16H23NO4S. The van der Waals surface area contributed by atoms with Crippen LogP contribution in [0.25, 0.3) is 0 Å². The molecule has 3 atom stereocenters. The van der Waals surface area contributed by atoms with Crippen molar-refractivity contribution in [1.29, 1.82) is 0 Å². The van der Waals surface area contributed by atoms with Crippen molar-refractivity contribution in [3.63, 3.8) is 0 Å². The van der Waals surface area contributed by atoms with E-state index in [2.05, 4.69) is 0 Å². The second-order valence-corrected chi connectivity index (χ2v) is 8.14. The first-order valence-electron chi connectivity index (χ1n) is 7.50. The van der Waals surface area contributed by atoms with Crippen LogP contribution in [0.3, 0.4) is 0 Å². The smallest absolute Gasteiger partial charge is 0.315 e. The molecule has 1 aliphatic carbocycles. The average Bonchev–Trinajstić information content (AvgIpc) is 3.20. The van der Waals surface area contributed by atoms with Crippen molar-refractivity contribution in [1.82, 2.24) is 0 Å². The molecule has 0 bridgehead atoms. The zero-order chi connectivity index (χ0) is 16.5. The van der Waals surface area contributed by atoms with E-state index in [1.807, 2.05) is 31.2 Å². The molecule has 0 unspecified atom stereocenters. The lowest BCUT2D eigenvalue weighted by atomic mass is 9.98. The summed E-state index contributed by atoms with van der Waals surface area (Å²) < 4.78 is 30.0. The Balaban J connectivity index is 2.49. The molecule has 0 aromatic heterocycles. The minimum atomic E-state index is -3.40. The summed E-state index contributed by atoms with van der Waals surface area (Å²) in [6.45, 7) is 5.42. The van der Waals surface area contributed by atoms with Gasteiger partial charge in [-0.05, 0) is 19.4 Å². The van der Waals surface area contributed by atoms with Crippen LogP contribution in [0.2, 0.25) is 0 Å². The maximum atomic E-state index is 12.4. The number of benzene rings is 1. The van der Waals surface area contributed by atoms with Gasteiger partial charge in [-0.1, -0.05) is 36.8 Å². The Labute approximate surface area is 131 Å². The Morgan fingerprint density at radius 3 is 2.32 bits per heavy atom. The molecule has 1 aromatic rings. The number of esters is 1. The Bertz CT molecular complexity index is 653. The molecule has 5 nitrogen and oxygen atoms in total. The fourth-order valence-electron chi connectivity index (χ4n) is 3.19. The van der Waals surface area contributed by atoms with Crippen LogP contribution in [0.4, 0.5) is 0 Å². The first-order chi connectivity index (χ1) is 10.3. The van der Waals surface area contributed by atoms with Gasteiger partial charge in [0.05, 0.1) is 11.9 Å². The van der Waals surface area contributed by atoms with E-state index < -0.39 is 32.4 Å². The number of carbonyl (C=O) groups excluding carboxylic acids is 1. The Morgan fingerprint density at radius 2 is 1.86 bits per heavy atom. The summed E-state index contributed by atoms with van der Waals surface area (Å²) in [4.78, 5) is 12.4. The van der Waals surface area contributed by atoms with Crippen molar-refractivity contribution in [2.24, 2.45) is 11.1 Å². The molecule has 0 heterocycles. The number of carbonyl (C=O) groups is 1. The lowest BCUT2D eigenvalue weighted by molar-refractivity contribution is -0.149. The maximum absolute atomic E-state index is 12.4. The number of ether oxygens (including phenoxy) is 1. The van der Waals surface area contributed by atoms with E-state index in [1.54, 1.807) is 13.8 Å². The van der Waals surface area contributed by atoms with Gasteiger partial charge in [-0.25, -0.2) is 8.42 Å². The van der Waals surface area contributed by atoms with Crippen molar-refractivity contribution in [2.75, 3.05) is 18.9 Å². The topological polar surface area (TPSA) is 86.5 Å². The first-order valence-corrected chi connectivity index (χ1v) is 9.22. The molecular weight excluding hydrogens is 302 g/mol. The normalized spacial score (nSPS) is 27.5. The molecule has 2 N–H and O–H groups in total. The van der Waals surface area contributed by atoms with Crippen LogP contribution in [0.1, 0.15) is 30.9 Å². The molecule has 0 amide bonds. The van der Waals surface area contributed by atoms with E-state index >= 15 is 0 Å². The fourth-order valence-corrected chi connectivity index (χ4v) is 5.27. The molecule has 1 saturated carbocycles. The molecule has 0 spiro atoms. The third kappa shape index (κ3) is 2.54. The summed E-state index contributed by atoms with van der Waals surface area (Å²) >= 11 is 0. The van der Waals surface area contributed by atoms with Gasteiger partial charge in [0.1, 0.15) is 5.41 Å². The minimum absolute atomic E-state index is 0.0127. The van der Waals surface area contributed by atoms with E-state index in [1.165, 1.54) is 0 Å². The molecule has 1 aliphatic rings. The quantitative estimate of drug-likeness (QED) is 0.799. The molecule has 1 fully saturated rings. The SMILES string of the molecule is CCOC(=O)[C@]1(CN)[C@@H](c2ccc(C)cc2)[C@@H]1S(=O)(=O)CC. The third-order valence-corrected chi connectivity index (χ3v) is 6.75. The summed E-state index contributed by atoms with van der Waals surface area (Å²) in [7, 11) is -3.40. The van der Waals surface area contributed by atoms with E-state index in [4.69, 9.17) is 10.5 Å². The van der Waals surface area contributed by atoms with Crippen molar-refractivity contribution in [3.8, 4) is 0 Å². The number of hydrogen-bond acceptors (Lipinski definition) is 5. The first kappa shape index (κ1) is 17.0. The summed E-state index contributed by atoms with van der Waals surface area (Å²) in [6, 6.07) is 7.56. The third-order valence-electron chi connectivity index (χ3n) is 4.48. The standard InChI is InChI=1S/C16H23NO4S/c1-4-21-15(18)16(10-17)13(14(16)22(19,20)5-2)12-8-6-11(3)7-9-12/h6-9,13-14H,4-5,10,17H2,1-3H3/t13-,14-,16+/m0/s1. The lowest BCUT2D eigenvalue weighted by Crippen LogP contribution is -2.34. The van der Waals surface area contributed by atoms with Gasteiger partial charge in [0.2, 0.25) is 0 Å². The number of aryl methyl sites for hydroxylation is 1. The van der Waals surface area contributed by atoms with Crippen LogP contribution in [-0.2, 0) is 19.4 Å². The second kappa shape index (κ2) is 6.01. The zero-order valence-corrected chi connectivity index (χ0v) is 14.0. The monoisotopic (exact) mass is 325 g/mol. The molecule has 1 aromatic carbocycles. The highest BCUT2D eigenvalue weighted by molar-refractivity contribution is 7.92. The van der Waals surface area contributed by atoms with Gasteiger partial charge in [-0.15, -0.1) is 0 Å². The molecule has 22 heavy (non-hydrogen) atoms. The highest BCUT2D eigenvalue weighted by Gasteiger charge is 2.74. The Hall–Kier alpha value is -1.40. The zero-order valence-electron chi connectivity index (χ0n) is 13.2. The predicted molar refractivity (Wildman–Crippen MR) is 85.3 cm³/mol. The van der Waals surface area contributed by atoms with E-state index in [0.717, 1.165) is 11.1 Å². The number of sulfone groups is 1. The van der Waals surface area contributed by atoms with E-state index in [9.17, 15) is 13.2 Å². The highest BCUT2D eigenvalue weighted by Crippen LogP contribution is 2.63. The summed E-state index contributed by atoms with van der Waals surface area (Å²) in [5.41, 5.74) is 6.58. The molecule has 0 radical (unpaired) electrons. The van der Waals surface area contributed by atoms with Gasteiger partial charge in [0.25, 0.3) is 0 Å². The summed E-state index contributed by atoms with van der Waals surface area (Å²) in [6.07, 6.45) is 0. The Kier molecular flexibility index (Phi) is 4.63. The van der Waals surface area contributed by atoms with Gasteiger partial charge in [-0.3, -0.25) is 4.79 Å². The van der Waals surface area contributed by atoms with Gasteiger partial charge in [-0.2, -0.15) is 0 Å². The van der Waals surface area contributed by atoms with Gasteiger partial charge >= 0.3 is 5.97 Å². The van der Waals surface area contributed by atoms with Crippen molar-refractivity contribution < 1.29 is 17.9 Å². The van der Waals surface area contributed by atoms with Gasteiger partial charge in [0, 0.05) is 18.2 Å². The fraction of sp³-hybridized carbons (Fsp3) is 0.562. The van der Waals surface area contributed by atoms with Crippen molar-refractivity contribution >= 4 is 15.8 Å². The molecule has 0 saturated heterocycles. The summed E-state index contributed by atoms with van der Waals surface area (Å²) in [5.74, 6) is -0.950. The number of hydrogen-bond donors (Lipinski definition) is 1. The molecule has 6 heteroatoms. The summed E-state index contributed by atoms with van der Waals surface area (Å²) in [5, 5.41) is -0.795.